The molecule has 0 bridgehead atoms. The number of methoxy groups -OCH3 is 2. The number of anilines is 1. The minimum absolute atomic E-state index is 0.124. The Labute approximate surface area is 195 Å². The summed E-state index contributed by atoms with van der Waals surface area (Å²) >= 11 is 6.05. The van der Waals surface area contributed by atoms with Gasteiger partial charge in [0.15, 0.2) is 11.5 Å². The van der Waals surface area contributed by atoms with E-state index in [4.69, 9.17) is 25.8 Å². The molecular formula is C25H19ClN2O5. The van der Waals surface area contributed by atoms with E-state index in [0.717, 1.165) is 0 Å². The number of halogens is 1. The van der Waals surface area contributed by atoms with Gasteiger partial charge in [0.2, 0.25) is 0 Å². The Hall–Kier alpha value is -4.28. The lowest BCUT2D eigenvalue weighted by molar-refractivity contribution is -0.112. The van der Waals surface area contributed by atoms with Gasteiger partial charge in [0.25, 0.3) is 5.91 Å². The third-order valence-corrected chi connectivity index (χ3v) is 4.82. The van der Waals surface area contributed by atoms with Crippen molar-refractivity contribution in [1.29, 1.82) is 5.26 Å². The van der Waals surface area contributed by atoms with Crippen LogP contribution in [0.2, 0.25) is 5.02 Å². The summed E-state index contributed by atoms with van der Waals surface area (Å²) in [5.74, 6) is -0.243. The fourth-order valence-electron chi connectivity index (χ4n) is 2.85. The molecule has 1 amide bonds. The van der Waals surface area contributed by atoms with Crippen LogP contribution in [0.25, 0.3) is 6.08 Å². The molecule has 3 aromatic carbocycles. The Balaban J connectivity index is 1.80. The van der Waals surface area contributed by atoms with Gasteiger partial charge in [0.05, 0.1) is 24.8 Å². The van der Waals surface area contributed by atoms with Gasteiger partial charge >= 0.3 is 5.97 Å². The van der Waals surface area contributed by atoms with Crippen LogP contribution in [0.4, 0.5) is 5.69 Å². The highest BCUT2D eigenvalue weighted by Gasteiger charge is 2.16. The lowest BCUT2D eigenvalue weighted by Gasteiger charge is -2.11. The van der Waals surface area contributed by atoms with E-state index in [-0.39, 0.29) is 27.7 Å². The van der Waals surface area contributed by atoms with Crippen LogP contribution in [0.1, 0.15) is 15.9 Å². The number of nitrogens with one attached hydrogen (secondary N) is 1. The van der Waals surface area contributed by atoms with Crippen molar-refractivity contribution in [3.05, 3.63) is 88.5 Å². The Morgan fingerprint density at radius 3 is 2.45 bits per heavy atom. The number of carbonyl (C=O) groups excluding carboxylic acids is 2. The lowest BCUT2D eigenvalue weighted by Crippen LogP contribution is -2.13. The molecule has 0 heterocycles. The van der Waals surface area contributed by atoms with Gasteiger partial charge in [0.1, 0.15) is 17.4 Å². The quantitative estimate of drug-likeness (QED) is 0.226. The third-order valence-electron chi connectivity index (χ3n) is 4.49. The number of carbonyl (C=O) groups is 2. The van der Waals surface area contributed by atoms with Gasteiger partial charge in [0, 0.05) is 11.8 Å². The maximum atomic E-state index is 12.5. The van der Waals surface area contributed by atoms with E-state index in [9.17, 15) is 14.9 Å². The van der Waals surface area contributed by atoms with E-state index < -0.39 is 11.9 Å². The van der Waals surface area contributed by atoms with Crippen LogP contribution < -0.4 is 19.5 Å². The van der Waals surface area contributed by atoms with E-state index >= 15 is 0 Å². The highest BCUT2D eigenvalue weighted by molar-refractivity contribution is 6.33. The van der Waals surface area contributed by atoms with Crippen LogP contribution in [0.3, 0.4) is 0 Å². The second-order valence-corrected chi connectivity index (χ2v) is 7.04. The van der Waals surface area contributed by atoms with Crippen molar-refractivity contribution in [3.8, 4) is 23.3 Å². The molecule has 0 aromatic heterocycles. The van der Waals surface area contributed by atoms with E-state index in [1.807, 2.05) is 6.07 Å². The molecule has 7 nitrogen and oxygen atoms in total. The molecule has 33 heavy (non-hydrogen) atoms. The number of rotatable bonds is 7. The van der Waals surface area contributed by atoms with Crippen LogP contribution in [-0.2, 0) is 4.79 Å². The van der Waals surface area contributed by atoms with Crippen molar-refractivity contribution in [2.75, 3.05) is 19.5 Å². The van der Waals surface area contributed by atoms with Gasteiger partial charge < -0.3 is 19.5 Å². The molecule has 0 saturated carbocycles. The molecule has 0 aliphatic heterocycles. The predicted octanol–water partition coefficient (Wildman–Crippen LogP) is 5.12. The van der Waals surface area contributed by atoms with Crippen LogP contribution >= 0.6 is 11.6 Å². The fourth-order valence-corrected chi connectivity index (χ4v) is 3.07. The van der Waals surface area contributed by atoms with Crippen molar-refractivity contribution in [3.63, 3.8) is 0 Å². The van der Waals surface area contributed by atoms with Crippen LogP contribution in [0.15, 0.2) is 72.3 Å². The molecule has 0 unspecified atom stereocenters. The summed E-state index contributed by atoms with van der Waals surface area (Å²) in [6, 6.07) is 19.8. The number of amides is 1. The van der Waals surface area contributed by atoms with Gasteiger partial charge in [-0.3, -0.25) is 4.79 Å². The smallest absolute Gasteiger partial charge is 0.345 e. The summed E-state index contributed by atoms with van der Waals surface area (Å²) in [5.41, 5.74) is 1.08. The highest BCUT2D eigenvalue weighted by Crippen LogP contribution is 2.30. The number of hydrogen-bond acceptors (Lipinski definition) is 6. The number of nitriles is 1. The van der Waals surface area contributed by atoms with Gasteiger partial charge in [-0.15, -0.1) is 0 Å². The van der Waals surface area contributed by atoms with Crippen molar-refractivity contribution < 1.29 is 23.8 Å². The molecule has 0 radical (unpaired) electrons. The average Bonchev–Trinajstić information content (AvgIpc) is 2.83. The summed E-state index contributed by atoms with van der Waals surface area (Å²) in [6.07, 6.45) is 1.40. The number of hydrogen-bond donors (Lipinski definition) is 1. The topological polar surface area (TPSA) is 97.6 Å². The first-order valence-electron chi connectivity index (χ1n) is 9.67. The monoisotopic (exact) mass is 462 g/mol. The summed E-state index contributed by atoms with van der Waals surface area (Å²) < 4.78 is 15.9. The minimum atomic E-state index is -0.641. The Morgan fingerprint density at radius 1 is 0.970 bits per heavy atom. The van der Waals surface area contributed by atoms with Crippen molar-refractivity contribution >= 4 is 35.2 Å². The van der Waals surface area contributed by atoms with Gasteiger partial charge in [-0.1, -0.05) is 35.9 Å². The number of benzene rings is 3. The second kappa shape index (κ2) is 10.8. The molecule has 1 N–H and O–H groups in total. The summed E-state index contributed by atoms with van der Waals surface area (Å²) in [5, 5.41) is 12.4. The van der Waals surface area contributed by atoms with E-state index in [1.54, 1.807) is 60.7 Å². The summed E-state index contributed by atoms with van der Waals surface area (Å²) in [6.45, 7) is 0. The first-order chi connectivity index (χ1) is 15.9. The predicted molar refractivity (Wildman–Crippen MR) is 125 cm³/mol. The standard InChI is InChI=1S/C25H19ClN2O5/c1-31-19-7-5-6-18(14-19)28-24(29)17(15-27)12-16-10-11-22(23(13-16)32-2)33-25(30)20-8-3-4-9-21(20)26/h3-14H,1-2H3,(H,28,29)/b17-12+. The molecule has 0 spiro atoms. The van der Waals surface area contributed by atoms with E-state index in [1.165, 1.54) is 26.4 Å². The molecule has 0 fully saturated rings. The molecule has 3 rings (SSSR count). The van der Waals surface area contributed by atoms with Crippen LogP contribution in [-0.4, -0.2) is 26.1 Å². The zero-order valence-corrected chi connectivity index (χ0v) is 18.6. The first kappa shape index (κ1) is 23.4. The van der Waals surface area contributed by atoms with Crippen molar-refractivity contribution in [2.24, 2.45) is 0 Å². The molecule has 0 atom stereocenters. The third kappa shape index (κ3) is 5.91. The lowest BCUT2D eigenvalue weighted by atomic mass is 10.1. The molecule has 0 saturated heterocycles. The van der Waals surface area contributed by atoms with Crippen LogP contribution in [0, 0.1) is 11.3 Å². The fraction of sp³-hybridized carbons (Fsp3) is 0.0800. The SMILES string of the molecule is COc1cccc(NC(=O)/C(C#N)=C/c2ccc(OC(=O)c3ccccc3Cl)c(OC)c2)c1. The van der Waals surface area contributed by atoms with Gasteiger partial charge in [-0.25, -0.2) is 4.79 Å². The largest absolute Gasteiger partial charge is 0.497 e. The maximum absolute atomic E-state index is 12.5. The maximum Gasteiger partial charge on any atom is 0.345 e. The number of esters is 1. The molecular weight excluding hydrogens is 444 g/mol. The van der Waals surface area contributed by atoms with Crippen molar-refractivity contribution in [2.45, 2.75) is 0 Å². The van der Waals surface area contributed by atoms with E-state index in [0.29, 0.717) is 17.0 Å². The Bertz CT molecular complexity index is 1260. The molecule has 3 aromatic rings. The molecule has 0 aliphatic carbocycles. The molecule has 0 aliphatic rings. The Morgan fingerprint density at radius 2 is 1.76 bits per heavy atom. The highest BCUT2D eigenvalue weighted by atomic mass is 35.5. The zero-order valence-electron chi connectivity index (χ0n) is 17.8. The second-order valence-electron chi connectivity index (χ2n) is 6.64. The van der Waals surface area contributed by atoms with E-state index in [2.05, 4.69) is 5.32 Å². The molecule has 8 heteroatoms. The number of nitrogens with zero attached hydrogens (tertiary/aromatic N) is 1. The normalized spacial score (nSPS) is 10.7. The Kier molecular flexibility index (Phi) is 7.68. The first-order valence-corrected chi connectivity index (χ1v) is 10.0. The average molecular weight is 463 g/mol. The van der Waals surface area contributed by atoms with Gasteiger partial charge in [-0.2, -0.15) is 5.26 Å². The van der Waals surface area contributed by atoms with Crippen molar-refractivity contribution in [1.82, 2.24) is 0 Å². The zero-order chi connectivity index (χ0) is 23.8. The molecule has 166 valence electrons. The van der Waals surface area contributed by atoms with Crippen LogP contribution in [0.5, 0.6) is 17.2 Å². The summed E-state index contributed by atoms with van der Waals surface area (Å²) in [4.78, 5) is 25.0. The minimum Gasteiger partial charge on any atom is -0.497 e. The number of ether oxygens (including phenoxy) is 3. The summed E-state index contributed by atoms with van der Waals surface area (Å²) in [7, 11) is 2.93. The van der Waals surface area contributed by atoms with Gasteiger partial charge in [-0.05, 0) is 48.0 Å².